The molecule has 2 N–H and O–H groups in total. The predicted molar refractivity (Wildman–Crippen MR) is 55.7 cm³/mol. The fourth-order valence-corrected chi connectivity index (χ4v) is 1.56. The van der Waals surface area contributed by atoms with Gasteiger partial charge in [0.05, 0.1) is 5.02 Å². The van der Waals surface area contributed by atoms with Gasteiger partial charge in [0.15, 0.2) is 11.5 Å². The Morgan fingerprint density at radius 1 is 1.43 bits per heavy atom. The molecule has 3 nitrogen and oxygen atoms in total. The van der Waals surface area contributed by atoms with Gasteiger partial charge in [-0.1, -0.05) is 23.8 Å². The highest BCUT2D eigenvalue weighted by Crippen LogP contribution is 2.39. The van der Waals surface area contributed by atoms with E-state index in [1.54, 1.807) is 0 Å². The van der Waals surface area contributed by atoms with Crippen LogP contribution in [0.25, 0.3) is 6.08 Å². The van der Waals surface area contributed by atoms with E-state index in [0.29, 0.717) is 23.1 Å². The highest BCUT2D eigenvalue weighted by atomic mass is 35.5. The van der Waals surface area contributed by atoms with Gasteiger partial charge in [0.25, 0.3) is 0 Å². The summed E-state index contributed by atoms with van der Waals surface area (Å²) in [4.78, 5) is 0. The summed E-state index contributed by atoms with van der Waals surface area (Å²) in [6.45, 7) is 0.741. The first-order valence-corrected chi connectivity index (χ1v) is 4.65. The monoisotopic (exact) mass is 211 g/mol. The van der Waals surface area contributed by atoms with E-state index in [9.17, 15) is 0 Å². The molecule has 1 aromatic rings. The van der Waals surface area contributed by atoms with Gasteiger partial charge in [-0.25, -0.2) is 0 Å². The Labute approximate surface area is 87.1 Å². The van der Waals surface area contributed by atoms with Gasteiger partial charge in [0.2, 0.25) is 6.79 Å². The van der Waals surface area contributed by atoms with E-state index in [4.69, 9.17) is 26.8 Å². The zero-order valence-corrected chi connectivity index (χ0v) is 8.25. The molecule has 1 aromatic carbocycles. The molecule has 0 radical (unpaired) electrons. The molecule has 2 rings (SSSR count). The molecule has 1 aliphatic heterocycles. The number of benzene rings is 1. The maximum atomic E-state index is 5.98. The summed E-state index contributed by atoms with van der Waals surface area (Å²) in [6, 6.07) is 3.70. The van der Waals surface area contributed by atoms with Gasteiger partial charge in [-0.05, 0) is 17.7 Å². The van der Waals surface area contributed by atoms with E-state index in [0.717, 1.165) is 5.56 Å². The molecule has 0 spiro atoms. The molecular formula is C10H10ClNO2. The standard InChI is InChI=1S/C10H10ClNO2/c11-8-4-7(2-1-3-12)5-9-10(8)14-6-13-9/h1-2,4-5H,3,6,12H2/b2-1+. The molecular weight excluding hydrogens is 202 g/mol. The van der Waals surface area contributed by atoms with E-state index in [-0.39, 0.29) is 6.79 Å². The molecule has 1 heterocycles. The number of rotatable bonds is 2. The summed E-state index contributed by atoms with van der Waals surface area (Å²) in [7, 11) is 0. The van der Waals surface area contributed by atoms with Crippen LogP contribution in [0.15, 0.2) is 18.2 Å². The van der Waals surface area contributed by atoms with Crippen LogP contribution in [0.5, 0.6) is 11.5 Å². The summed E-state index contributed by atoms with van der Waals surface area (Å²) in [6.07, 6.45) is 3.75. The molecule has 0 bridgehead atoms. The minimum atomic E-state index is 0.235. The second-order valence-electron chi connectivity index (χ2n) is 2.87. The van der Waals surface area contributed by atoms with Crippen molar-refractivity contribution in [1.82, 2.24) is 0 Å². The topological polar surface area (TPSA) is 44.5 Å². The lowest BCUT2D eigenvalue weighted by atomic mass is 10.2. The minimum Gasteiger partial charge on any atom is -0.454 e. The molecule has 0 atom stereocenters. The zero-order valence-electron chi connectivity index (χ0n) is 7.50. The fraction of sp³-hybridized carbons (Fsp3) is 0.200. The van der Waals surface area contributed by atoms with E-state index in [2.05, 4.69) is 0 Å². The van der Waals surface area contributed by atoms with Crippen LogP contribution in [0.2, 0.25) is 5.02 Å². The average molecular weight is 212 g/mol. The molecule has 0 saturated heterocycles. The summed E-state index contributed by atoms with van der Waals surface area (Å²) >= 11 is 5.98. The molecule has 14 heavy (non-hydrogen) atoms. The van der Waals surface area contributed by atoms with Crippen molar-refractivity contribution >= 4 is 17.7 Å². The van der Waals surface area contributed by atoms with Crippen LogP contribution in [0.4, 0.5) is 0 Å². The molecule has 0 amide bonds. The Hall–Kier alpha value is -1.19. The van der Waals surface area contributed by atoms with E-state index in [1.807, 2.05) is 24.3 Å². The molecule has 0 saturated carbocycles. The number of ether oxygens (including phenoxy) is 2. The third-order valence-corrected chi connectivity index (χ3v) is 2.18. The van der Waals surface area contributed by atoms with Crippen LogP contribution in [0.3, 0.4) is 0 Å². The van der Waals surface area contributed by atoms with Crippen LogP contribution < -0.4 is 15.2 Å². The average Bonchev–Trinajstić information content (AvgIpc) is 2.63. The summed E-state index contributed by atoms with van der Waals surface area (Å²) in [5.74, 6) is 1.31. The number of hydrogen-bond donors (Lipinski definition) is 1. The van der Waals surface area contributed by atoms with Gasteiger partial charge < -0.3 is 15.2 Å². The highest BCUT2D eigenvalue weighted by molar-refractivity contribution is 6.32. The lowest BCUT2D eigenvalue weighted by molar-refractivity contribution is 0.174. The number of hydrogen-bond acceptors (Lipinski definition) is 3. The second-order valence-corrected chi connectivity index (χ2v) is 3.28. The van der Waals surface area contributed by atoms with Crippen molar-refractivity contribution in [2.75, 3.05) is 13.3 Å². The number of nitrogens with two attached hydrogens (primary N) is 1. The highest BCUT2D eigenvalue weighted by Gasteiger charge is 2.17. The van der Waals surface area contributed by atoms with Crippen molar-refractivity contribution in [2.24, 2.45) is 5.73 Å². The van der Waals surface area contributed by atoms with Crippen molar-refractivity contribution in [3.63, 3.8) is 0 Å². The molecule has 1 aliphatic rings. The molecule has 4 heteroatoms. The summed E-state index contributed by atoms with van der Waals surface area (Å²) in [5, 5.41) is 0.566. The van der Waals surface area contributed by atoms with Gasteiger partial charge in [-0.2, -0.15) is 0 Å². The number of fused-ring (bicyclic) bond motifs is 1. The lowest BCUT2D eigenvalue weighted by Gasteiger charge is -2.00. The van der Waals surface area contributed by atoms with Crippen LogP contribution in [-0.2, 0) is 0 Å². The van der Waals surface area contributed by atoms with Gasteiger partial charge >= 0.3 is 0 Å². The molecule has 0 fully saturated rings. The van der Waals surface area contributed by atoms with Crippen molar-refractivity contribution in [1.29, 1.82) is 0 Å². The smallest absolute Gasteiger partial charge is 0.231 e. The van der Waals surface area contributed by atoms with Gasteiger partial charge in [-0.15, -0.1) is 0 Å². The van der Waals surface area contributed by atoms with Crippen LogP contribution in [0, 0.1) is 0 Å². The Morgan fingerprint density at radius 3 is 3.07 bits per heavy atom. The van der Waals surface area contributed by atoms with E-state index in [1.165, 1.54) is 0 Å². The molecule has 74 valence electrons. The minimum absolute atomic E-state index is 0.235. The van der Waals surface area contributed by atoms with Crippen molar-refractivity contribution in [3.05, 3.63) is 28.8 Å². The SMILES string of the molecule is NC/C=C/c1cc(Cl)c2c(c1)OCO2. The van der Waals surface area contributed by atoms with E-state index < -0.39 is 0 Å². The Kier molecular flexibility index (Phi) is 2.61. The molecule has 0 aliphatic carbocycles. The first kappa shape index (κ1) is 9.37. The largest absolute Gasteiger partial charge is 0.454 e. The maximum absolute atomic E-state index is 5.98. The van der Waals surface area contributed by atoms with Gasteiger partial charge in [-0.3, -0.25) is 0 Å². The predicted octanol–water partition coefficient (Wildman–Crippen LogP) is 2.04. The van der Waals surface area contributed by atoms with Crippen molar-refractivity contribution < 1.29 is 9.47 Å². The maximum Gasteiger partial charge on any atom is 0.231 e. The zero-order chi connectivity index (χ0) is 9.97. The second kappa shape index (κ2) is 3.90. The van der Waals surface area contributed by atoms with Crippen molar-refractivity contribution in [3.8, 4) is 11.5 Å². The Morgan fingerprint density at radius 2 is 2.29 bits per heavy atom. The molecule has 0 unspecified atom stereocenters. The lowest BCUT2D eigenvalue weighted by Crippen LogP contribution is -1.93. The quantitative estimate of drug-likeness (QED) is 0.814. The normalized spacial score (nSPS) is 13.9. The van der Waals surface area contributed by atoms with Gasteiger partial charge in [0, 0.05) is 6.54 Å². The number of halogens is 1. The summed E-state index contributed by atoms with van der Waals surface area (Å²) in [5.41, 5.74) is 6.31. The Bertz CT molecular complexity index is 377. The third kappa shape index (κ3) is 1.69. The summed E-state index contributed by atoms with van der Waals surface area (Å²) < 4.78 is 10.4. The van der Waals surface area contributed by atoms with Crippen LogP contribution >= 0.6 is 11.6 Å². The Balaban J connectivity index is 2.37. The van der Waals surface area contributed by atoms with Crippen LogP contribution in [0.1, 0.15) is 5.56 Å². The van der Waals surface area contributed by atoms with Gasteiger partial charge in [0.1, 0.15) is 0 Å². The van der Waals surface area contributed by atoms with Crippen molar-refractivity contribution in [2.45, 2.75) is 0 Å². The first-order chi connectivity index (χ1) is 6.81. The van der Waals surface area contributed by atoms with Crippen LogP contribution in [-0.4, -0.2) is 13.3 Å². The van der Waals surface area contributed by atoms with E-state index >= 15 is 0 Å². The third-order valence-electron chi connectivity index (χ3n) is 1.90. The first-order valence-electron chi connectivity index (χ1n) is 4.27. The molecule has 0 aromatic heterocycles. The fourth-order valence-electron chi connectivity index (χ4n) is 1.29.